The molecule has 0 unspecified atom stereocenters. The van der Waals surface area contributed by atoms with Gasteiger partial charge in [-0.2, -0.15) is 0 Å². The van der Waals surface area contributed by atoms with Gasteiger partial charge in [0.1, 0.15) is 0 Å². The number of hydrogen-bond donors (Lipinski definition) is 1. The highest BCUT2D eigenvalue weighted by molar-refractivity contribution is 5.85. The molecule has 0 saturated carbocycles. The van der Waals surface area contributed by atoms with E-state index in [1.54, 1.807) is 6.92 Å². The number of halogens is 1. The second-order valence-corrected chi connectivity index (χ2v) is 1.34. The van der Waals surface area contributed by atoms with E-state index in [4.69, 9.17) is 5.73 Å². The number of esters is 1. The normalized spacial score (nSPS) is 7.78. The van der Waals surface area contributed by atoms with Crippen molar-refractivity contribution in [1.29, 1.82) is 0 Å². The number of hydrogen-bond acceptors (Lipinski definition) is 3. The summed E-state index contributed by atoms with van der Waals surface area (Å²) >= 11 is 0. The van der Waals surface area contributed by atoms with Crippen LogP contribution in [0.2, 0.25) is 0 Å². The Hall–Kier alpha value is -0.280. The second-order valence-electron chi connectivity index (χ2n) is 1.34. The lowest BCUT2D eigenvalue weighted by Crippen LogP contribution is -2.10. The van der Waals surface area contributed by atoms with Crippen molar-refractivity contribution < 1.29 is 9.53 Å². The minimum atomic E-state index is -0.213. The SMILES string of the molecule is CCOC(=O)CCN.Cl. The van der Waals surface area contributed by atoms with Gasteiger partial charge in [-0.05, 0) is 6.92 Å². The zero-order valence-corrected chi connectivity index (χ0v) is 6.24. The number of carbonyl (C=O) groups is 1. The summed E-state index contributed by atoms with van der Waals surface area (Å²) < 4.78 is 4.56. The van der Waals surface area contributed by atoms with Crippen LogP contribution in [0.3, 0.4) is 0 Å². The van der Waals surface area contributed by atoms with Gasteiger partial charge in [0.25, 0.3) is 0 Å². The van der Waals surface area contributed by atoms with Crippen molar-refractivity contribution in [2.24, 2.45) is 5.73 Å². The highest BCUT2D eigenvalue weighted by Gasteiger charge is 1.95. The van der Waals surface area contributed by atoms with Gasteiger partial charge in [-0.15, -0.1) is 12.4 Å². The number of nitrogens with two attached hydrogens (primary N) is 1. The van der Waals surface area contributed by atoms with E-state index in [9.17, 15) is 4.79 Å². The van der Waals surface area contributed by atoms with E-state index in [2.05, 4.69) is 4.74 Å². The molecule has 56 valence electrons. The summed E-state index contributed by atoms with van der Waals surface area (Å²) in [5, 5.41) is 0. The maximum atomic E-state index is 10.3. The van der Waals surface area contributed by atoms with Gasteiger partial charge in [0.05, 0.1) is 13.0 Å². The average molecular weight is 154 g/mol. The third kappa shape index (κ3) is 7.72. The van der Waals surface area contributed by atoms with E-state index in [0.29, 0.717) is 19.6 Å². The van der Waals surface area contributed by atoms with E-state index >= 15 is 0 Å². The number of rotatable bonds is 3. The van der Waals surface area contributed by atoms with Crippen LogP contribution < -0.4 is 5.73 Å². The Balaban J connectivity index is 0. The Morgan fingerprint density at radius 1 is 1.67 bits per heavy atom. The van der Waals surface area contributed by atoms with Crippen molar-refractivity contribution in [2.75, 3.05) is 13.2 Å². The predicted molar refractivity (Wildman–Crippen MR) is 37.6 cm³/mol. The molecule has 0 saturated heterocycles. The number of ether oxygens (including phenoxy) is 1. The van der Waals surface area contributed by atoms with E-state index < -0.39 is 0 Å². The summed E-state index contributed by atoms with van der Waals surface area (Å²) in [6, 6.07) is 0. The Kier molecular flexibility index (Phi) is 9.87. The Morgan fingerprint density at radius 2 is 2.22 bits per heavy atom. The molecule has 0 bridgehead atoms. The zero-order chi connectivity index (χ0) is 6.41. The lowest BCUT2D eigenvalue weighted by atomic mass is 10.4. The van der Waals surface area contributed by atoms with Gasteiger partial charge in [0.2, 0.25) is 0 Å². The van der Waals surface area contributed by atoms with Gasteiger partial charge in [0, 0.05) is 6.54 Å². The maximum Gasteiger partial charge on any atom is 0.307 e. The van der Waals surface area contributed by atoms with E-state index in [0.717, 1.165) is 0 Å². The molecule has 0 aliphatic carbocycles. The molecule has 0 aromatic rings. The van der Waals surface area contributed by atoms with Gasteiger partial charge < -0.3 is 10.5 Å². The van der Waals surface area contributed by atoms with Crippen molar-refractivity contribution in [1.82, 2.24) is 0 Å². The lowest BCUT2D eigenvalue weighted by Gasteiger charge is -1.96. The van der Waals surface area contributed by atoms with Gasteiger partial charge in [0.15, 0.2) is 0 Å². The molecule has 9 heavy (non-hydrogen) atoms. The summed E-state index contributed by atoms with van der Waals surface area (Å²) in [5.41, 5.74) is 5.06. The van der Waals surface area contributed by atoms with Crippen LogP contribution in [-0.2, 0) is 9.53 Å². The van der Waals surface area contributed by atoms with Crippen molar-refractivity contribution in [3.63, 3.8) is 0 Å². The average Bonchev–Trinajstić information content (AvgIpc) is 1.68. The highest BCUT2D eigenvalue weighted by atomic mass is 35.5. The smallest absolute Gasteiger partial charge is 0.307 e. The Labute approximate surface area is 61.0 Å². The van der Waals surface area contributed by atoms with Crippen LogP contribution in [0.1, 0.15) is 13.3 Å². The first kappa shape index (κ1) is 11.5. The highest BCUT2D eigenvalue weighted by Crippen LogP contribution is 1.80. The molecule has 0 fully saturated rings. The first-order valence-electron chi connectivity index (χ1n) is 2.67. The summed E-state index contributed by atoms with van der Waals surface area (Å²) in [6.45, 7) is 2.59. The Morgan fingerprint density at radius 3 is 2.56 bits per heavy atom. The predicted octanol–water partition coefficient (Wildman–Crippen LogP) is 0.320. The minimum Gasteiger partial charge on any atom is -0.466 e. The first-order valence-corrected chi connectivity index (χ1v) is 2.67. The fraction of sp³-hybridized carbons (Fsp3) is 0.800. The van der Waals surface area contributed by atoms with Crippen LogP contribution in [-0.4, -0.2) is 19.1 Å². The topological polar surface area (TPSA) is 52.3 Å². The largest absolute Gasteiger partial charge is 0.466 e. The first-order chi connectivity index (χ1) is 3.81. The molecule has 0 spiro atoms. The third-order valence-corrected chi connectivity index (χ3v) is 0.654. The lowest BCUT2D eigenvalue weighted by molar-refractivity contribution is -0.142. The van der Waals surface area contributed by atoms with Crippen molar-refractivity contribution >= 4 is 18.4 Å². The summed E-state index contributed by atoms with van der Waals surface area (Å²) in [7, 11) is 0. The molecule has 0 aromatic heterocycles. The molecule has 0 aliphatic heterocycles. The minimum absolute atomic E-state index is 0. The van der Waals surface area contributed by atoms with Gasteiger partial charge in [-0.3, -0.25) is 4.79 Å². The van der Waals surface area contributed by atoms with Gasteiger partial charge >= 0.3 is 5.97 Å². The van der Waals surface area contributed by atoms with E-state index in [1.165, 1.54) is 0 Å². The van der Waals surface area contributed by atoms with Crippen LogP contribution in [0.5, 0.6) is 0 Å². The van der Waals surface area contributed by atoms with Crippen LogP contribution in [0, 0.1) is 0 Å². The van der Waals surface area contributed by atoms with Gasteiger partial charge in [-0.25, -0.2) is 0 Å². The third-order valence-electron chi connectivity index (χ3n) is 0.654. The molecule has 0 amide bonds. The molecule has 0 aromatic carbocycles. The molecule has 0 atom stereocenters. The second kappa shape index (κ2) is 7.72. The quantitative estimate of drug-likeness (QED) is 0.595. The molecule has 4 heteroatoms. The van der Waals surface area contributed by atoms with Crippen LogP contribution in [0.4, 0.5) is 0 Å². The molecular weight excluding hydrogens is 142 g/mol. The standard InChI is InChI=1S/C5H11NO2.ClH/c1-2-8-5(7)3-4-6;/h2-4,6H2,1H3;1H. The van der Waals surface area contributed by atoms with Crippen molar-refractivity contribution in [3.8, 4) is 0 Å². The van der Waals surface area contributed by atoms with E-state index in [1.807, 2.05) is 0 Å². The maximum absolute atomic E-state index is 10.3. The summed E-state index contributed by atoms with van der Waals surface area (Å²) in [5.74, 6) is -0.213. The van der Waals surface area contributed by atoms with Crippen LogP contribution in [0.25, 0.3) is 0 Å². The van der Waals surface area contributed by atoms with E-state index in [-0.39, 0.29) is 18.4 Å². The molecular formula is C5H12ClNO2. The zero-order valence-electron chi connectivity index (χ0n) is 5.42. The van der Waals surface area contributed by atoms with Crippen molar-refractivity contribution in [3.05, 3.63) is 0 Å². The molecule has 2 N–H and O–H groups in total. The van der Waals surface area contributed by atoms with Crippen LogP contribution in [0.15, 0.2) is 0 Å². The fourth-order valence-corrected chi connectivity index (χ4v) is 0.351. The van der Waals surface area contributed by atoms with Crippen LogP contribution >= 0.6 is 12.4 Å². The molecule has 0 heterocycles. The summed E-state index contributed by atoms with van der Waals surface area (Å²) in [6.07, 6.45) is 0.327. The summed E-state index contributed by atoms with van der Waals surface area (Å²) in [4.78, 5) is 10.3. The molecule has 0 rings (SSSR count). The van der Waals surface area contributed by atoms with Crippen molar-refractivity contribution in [2.45, 2.75) is 13.3 Å². The molecule has 0 aliphatic rings. The Bertz CT molecular complexity index is 69.4. The molecule has 0 radical (unpaired) electrons. The number of carbonyl (C=O) groups excluding carboxylic acids is 1. The molecule has 3 nitrogen and oxygen atoms in total. The fourth-order valence-electron chi connectivity index (χ4n) is 0.351. The monoisotopic (exact) mass is 153 g/mol. The van der Waals surface area contributed by atoms with Gasteiger partial charge in [-0.1, -0.05) is 0 Å².